The molecule has 3 aromatic carbocycles. The van der Waals surface area contributed by atoms with Gasteiger partial charge in [0.05, 0.1) is 25.1 Å². The van der Waals surface area contributed by atoms with E-state index in [-0.39, 0.29) is 12.5 Å². The largest absolute Gasteiger partial charge is 0.494 e. The van der Waals surface area contributed by atoms with E-state index in [9.17, 15) is 13.2 Å². The van der Waals surface area contributed by atoms with Gasteiger partial charge in [0.2, 0.25) is 10.0 Å². The summed E-state index contributed by atoms with van der Waals surface area (Å²) in [5, 5.41) is 2.83. The van der Waals surface area contributed by atoms with Crippen molar-refractivity contribution in [2.24, 2.45) is 0 Å². The Labute approximate surface area is 183 Å². The molecule has 0 saturated heterocycles. The summed E-state index contributed by atoms with van der Waals surface area (Å²) in [6.07, 6.45) is 1.17. The van der Waals surface area contributed by atoms with E-state index in [4.69, 9.17) is 4.74 Å². The molecule has 3 aromatic rings. The molecule has 0 heterocycles. The van der Waals surface area contributed by atoms with Crippen molar-refractivity contribution in [1.29, 1.82) is 0 Å². The number of benzene rings is 3. The summed E-state index contributed by atoms with van der Waals surface area (Å²) in [5.41, 5.74) is 3.57. The predicted octanol–water partition coefficient (Wildman–Crippen LogP) is 4.61. The lowest BCUT2D eigenvalue weighted by Crippen LogP contribution is -2.29. The van der Waals surface area contributed by atoms with Crippen LogP contribution < -0.4 is 14.4 Å². The maximum absolute atomic E-state index is 12.6. The molecule has 0 atom stereocenters. The van der Waals surface area contributed by atoms with Gasteiger partial charge in [-0.1, -0.05) is 29.8 Å². The Balaban J connectivity index is 1.74. The number of rotatable bonds is 8. The predicted molar refractivity (Wildman–Crippen MR) is 124 cm³/mol. The van der Waals surface area contributed by atoms with Gasteiger partial charge in [0.15, 0.2) is 0 Å². The lowest BCUT2D eigenvalue weighted by atomic mass is 10.1. The molecule has 0 fully saturated rings. The molecule has 1 N–H and O–H groups in total. The summed E-state index contributed by atoms with van der Waals surface area (Å²) in [7, 11) is -3.50. The Morgan fingerprint density at radius 3 is 2.10 bits per heavy atom. The van der Waals surface area contributed by atoms with Gasteiger partial charge in [-0.25, -0.2) is 8.42 Å². The molecule has 7 heteroatoms. The molecule has 1 amide bonds. The van der Waals surface area contributed by atoms with Crippen LogP contribution >= 0.6 is 0 Å². The average molecular weight is 439 g/mol. The number of hydrogen-bond acceptors (Lipinski definition) is 4. The first-order valence-electron chi connectivity index (χ1n) is 9.94. The average Bonchev–Trinajstić information content (AvgIpc) is 2.74. The first-order valence-corrected chi connectivity index (χ1v) is 11.8. The fraction of sp³-hybridized carbons (Fsp3) is 0.208. The fourth-order valence-corrected chi connectivity index (χ4v) is 3.93. The molecule has 0 aliphatic carbocycles. The van der Waals surface area contributed by atoms with Gasteiger partial charge >= 0.3 is 0 Å². The van der Waals surface area contributed by atoms with E-state index >= 15 is 0 Å². The number of hydrogen-bond donors (Lipinski definition) is 1. The van der Waals surface area contributed by atoms with E-state index in [2.05, 4.69) is 5.32 Å². The molecule has 0 aromatic heterocycles. The second kappa shape index (κ2) is 9.66. The minimum atomic E-state index is -3.50. The van der Waals surface area contributed by atoms with Gasteiger partial charge < -0.3 is 10.1 Å². The summed E-state index contributed by atoms with van der Waals surface area (Å²) >= 11 is 0. The van der Waals surface area contributed by atoms with Crippen LogP contribution in [0.2, 0.25) is 0 Å². The summed E-state index contributed by atoms with van der Waals surface area (Å²) in [6.45, 7) is 4.68. The van der Waals surface area contributed by atoms with Gasteiger partial charge in [-0.15, -0.1) is 0 Å². The molecule has 162 valence electrons. The molecule has 0 saturated carbocycles. The van der Waals surface area contributed by atoms with Gasteiger partial charge in [-0.05, 0) is 67.9 Å². The number of anilines is 2. The molecule has 0 radical (unpaired) electrons. The van der Waals surface area contributed by atoms with E-state index < -0.39 is 10.0 Å². The van der Waals surface area contributed by atoms with Crippen LogP contribution in [0.3, 0.4) is 0 Å². The van der Waals surface area contributed by atoms with Crippen molar-refractivity contribution in [3.8, 4) is 5.75 Å². The van der Waals surface area contributed by atoms with Crippen molar-refractivity contribution in [2.75, 3.05) is 22.5 Å². The highest BCUT2D eigenvalue weighted by Crippen LogP contribution is 2.22. The summed E-state index contributed by atoms with van der Waals surface area (Å²) < 4.78 is 31.5. The van der Waals surface area contributed by atoms with Crippen LogP contribution in [0.15, 0.2) is 72.8 Å². The van der Waals surface area contributed by atoms with Crippen LogP contribution in [-0.4, -0.2) is 27.2 Å². The van der Waals surface area contributed by atoms with E-state index in [0.29, 0.717) is 23.5 Å². The van der Waals surface area contributed by atoms with Crippen molar-refractivity contribution in [3.63, 3.8) is 0 Å². The number of aryl methyl sites for hydroxylation is 1. The lowest BCUT2D eigenvalue weighted by molar-refractivity contribution is 0.102. The molecule has 31 heavy (non-hydrogen) atoms. The van der Waals surface area contributed by atoms with Gasteiger partial charge in [0.1, 0.15) is 5.75 Å². The Kier molecular flexibility index (Phi) is 6.97. The van der Waals surface area contributed by atoms with E-state index in [1.165, 1.54) is 10.6 Å². The second-order valence-corrected chi connectivity index (χ2v) is 9.12. The Morgan fingerprint density at radius 2 is 1.55 bits per heavy atom. The quantitative estimate of drug-likeness (QED) is 0.557. The van der Waals surface area contributed by atoms with Gasteiger partial charge in [0, 0.05) is 11.3 Å². The minimum Gasteiger partial charge on any atom is -0.494 e. The molecule has 0 aliphatic rings. The third kappa shape index (κ3) is 6.08. The van der Waals surface area contributed by atoms with Gasteiger partial charge in [-0.2, -0.15) is 0 Å². The summed E-state index contributed by atoms with van der Waals surface area (Å²) in [5.74, 6) is 0.458. The molecule has 0 aliphatic heterocycles. The Bertz CT molecular complexity index is 1120. The van der Waals surface area contributed by atoms with Crippen LogP contribution in [0.1, 0.15) is 28.4 Å². The molecule has 0 spiro atoms. The minimum absolute atomic E-state index is 0.219. The Morgan fingerprint density at radius 1 is 0.935 bits per heavy atom. The third-order valence-electron chi connectivity index (χ3n) is 4.69. The monoisotopic (exact) mass is 438 g/mol. The zero-order chi connectivity index (χ0) is 22.4. The van der Waals surface area contributed by atoms with Crippen LogP contribution in [0, 0.1) is 6.92 Å². The van der Waals surface area contributed by atoms with Gasteiger partial charge in [0.25, 0.3) is 5.91 Å². The standard InChI is InChI=1S/C24H26N2O4S/c1-4-30-23-15-11-21(12-16-23)25-24(27)20-9-13-22(14-10-20)26(31(3,28)29)17-19-7-5-18(2)6-8-19/h5-16H,4,17H2,1-3H3,(H,25,27). The number of carbonyl (C=O) groups is 1. The molecule has 6 nitrogen and oxygen atoms in total. The third-order valence-corrected chi connectivity index (χ3v) is 5.83. The normalized spacial score (nSPS) is 11.1. The van der Waals surface area contributed by atoms with Crippen molar-refractivity contribution in [2.45, 2.75) is 20.4 Å². The zero-order valence-electron chi connectivity index (χ0n) is 17.8. The lowest BCUT2D eigenvalue weighted by Gasteiger charge is -2.23. The Hall–Kier alpha value is -3.32. The molecule has 0 bridgehead atoms. The fourth-order valence-electron chi connectivity index (χ4n) is 3.04. The van der Waals surface area contributed by atoms with Crippen LogP contribution in [0.4, 0.5) is 11.4 Å². The SMILES string of the molecule is CCOc1ccc(NC(=O)c2ccc(N(Cc3ccc(C)cc3)S(C)(=O)=O)cc2)cc1. The number of nitrogens with one attached hydrogen (secondary N) is 1. The van der Waals surface area contributed by atoms with E-state index in [1.807, 2.05) is 38.1 Å². The van der Waals surface area contributed by atoms with Crippen molar-refractivity contribution in [3.05, 3.63) is 89.5 Å². The molecule has 3 rings (SSSR count). The zero-order valence-corrected chi connectivity index (χ0v) is 18.6. The van der Waals surface area contributed by atoms with E-state index in [1.54, 1.807) is 48.5 Å². The first-order chi connectivity index (χ1) is 14.8. The van der Waals surface area contributed by atoms with E-state index in [0.717, 1.165) is 16.9 Å². The maximum Gasteiger partial charge on any atom is 0.255 e. The highest BCUT2D eigenvalue weighted by molar-refractivity contribution is 7.92. The van der Waals surface area contributed by atoms with Crippen molar-refractivity contribution >= 4 is 27.3 Å². The molecule has 0 unspecified atom stereocenters. The van der Waals surface area contributed by atoms with Crippen molar-refractivity contribution in [1.82, 2.24) is 0 Å². The second-order valence-electron chi connectivity index (χ2n) is 7.21. The number of carbonyl (C=O) groups excluding carboxylic acids is 1. The smallest absolute Gasteiger partial charge is 0.255 e. The highest BCUT2D eigenvalue weighted by atomic mass is 32.2. The topological polar surface area (TPSA) is 75.7 Å². The number of nitrogens with zero attached hydrogens (tertiary/aromatic N) is 1. The summed E-state index contributed by atoms with van der Waals surface area (Å²) in [4.78, 5) is 12.6. The molecular formula is C24H26N2O4S. The van der Waals surface area contributed by atoms with Crippen LogP contribution in [0.25, 0.3) is 0 Å². The number of amides is 1. The maximum atomic E-state index is 12.6. The highest BCUT2D eigenvalue weighted by Gasteiger charge is 2.18. The van der Waals surface area contributed by atoms with Gasteiger partial charge in [-0.3, -0.25) is 9.10 Å². The summed E-state index contributed by atoms with van der Waals surface area (Å²) in [6, 6.07) is 21.3. The molecular weight excluding hydrogens is 412 g/mol. The van der Waals surface area contributed by atoms with Crippen LogP contribution in [-0.2, 0) is 16.6 Å². The van der Waals surface area contributed by atoms with Crippen LogP contribution in [0.5, 0.6) is 5.75 Å². The first kappa shape index (κ1) is 22.4. The number of ether oxygens (including phenoxy) is 1. The number of sulfonamides is 1. The van der Waals surface area contributed by atoms with Crippen molar-refractivity contribution < 1.29 is 17.9 Å².